The Morgan fingerprint density at radius 1 is 1.54 bits per heavy atom. The normalized spacial score (nSPS) is 22.5. The molecule has 7 heteroatoms. The van der Waals surface area contributed by atoms with Gasteiger partial charge in [-0.2, -0.15) is 8.42 Å². The second-order valence-electron chi connectivity index (χ2n) is 2.73. The maximum atomic E-state index is 10.4. The second-order valence-corrected chi connectivity index (χ2v) is 4.30. The van der Waals surface area contributed by atoms with E-state index in [2.05, 4.69) is 9.47 Å². The zero-order valence-corrected chi connectivity index (χ0v) is 7.62. The van der Waals surface area contributed by atoms with Crippen LogP contribution >= 0.6 is 0 Å². The van der Waals surface area contributed by atoms with E-state index in [1.807, 2.05) is 0 Å². The number of carbonyl (C=O) groups is 1. The fraction of sp³-hybridized carbons (Fsp3) is 0.833. The fourth-order valence-electron chi connectivity index (χ4n) is 1.00. The van der Waals surface area contributed by atoms with Crippen LogP contribution in [0.1, 0.15) is 12.8 Å². The first kappa shape index (κ1) is 10.3. The van der Waals surface area contributed by atoms with E-state index < -0.39 is 16.3 Å². The summed E-state index contributed by atoms with van der Waals surface area (Å²) in [5.41, 5.74) is 0. The molecule has 1 N–H and O–H groups in total. The minimum absolute atomic E-state index is 0.157. The van der Waals surface area contributed by atoms with Crippen molar-refractivity contribution in [3.8, 4) is 0 Å². The summed E-state index contributed by atoms with van der Waals surface area (Å²) in [4.78, 5) is 10.4. The summed E-state index contributed by atoms with van der Waals surface area (Å²) in [5.74, 6) is -0.318. The third kappa shape index (κ3) is 4.09. The van der Waals surface area contributed by atoms with Crippen molar-refractivity contribution in [2.75, 3.05) is 12.4 Å². The summed E-state index contributed by atoms with van der Waals surface area (Å²) in [6, 6.07) is 0. The van der Waals surface area contributed by atoms with E-state index in [-0.39, 0.29) is 24.9 Å². The molecule has 6 nitrogen and oxygen atoms in total. The van der Waals surface area contributed by atoms with Gasteiger partial charge in [-0.15, -0.1) is 0 Å². The van der Waals surface area contributed by atoms with Gasteiger partial charge in [0.1, 0.15) is 12.7 Å². The lowest BCUT2D eigenvalue weighted by atomic mass is 10.2. The Morgan fingerprint density at radius 2 is 2.23 bits per heavy atom. The molecule has 1 heterocycles. The van der Waals surface area contributed by atoms with Crippen LogP contribution in [0.2, 0.25) is 0 Å². The minimum atomic E-state index is -3.91. The molecule has 0 saturated carbocycles. The Hall–Kier alpha value is -0.820. The molecule has 0 amide bonds. The van der Waals surface area contributed by atoms with Crippen molar-refractivity contribution in [3.63, 3.8) is 0 Å². The first-order valence-electron chi connectivity index (χ1n) is 3.76. The molecule has 1 aliphatic rings. The Labute approximate surface area is 75.6 Å². The van der Waals surface area contributed by atoms with Gasteiger partial charge in [-0.05, 0) is 12.8 Å². The molecule has 0 spiro atoms. The van der Waals surface area contributed by atoms with Gasteiger partial charge in [-0.3, -0.25) is 4.55 Å². The van der Waals surface area contributed by atoms with Gasteiger partial charge >= 0.3 is 6.16 Å². The highest BCUT2D eigenvalue weighted by molar-refractivity contribution is 7.85. The Bertz CT molecular complexity index is 281. The fourth-order valence-corrected chi connectivity index (χ4v) is 1.53. The number of carbonyl (C=O) groups excluding carboxylic acids is 1. The molecule has 0 bridgehead atoms. The SMILES string of the molecule is O=C1OCC(CCCS(=O)(=O)O)O1. The highest BCUT2D eigenvalue weighted by atomic mass is 32.2. The molecule has 13 heavy (non-hydrogen) atoms. The van der Waals surface area contributed by atoms with E-state index in [1.54, 1.807) is 0 Å². The summed E-state index contributed by atoms with van der Waals surface area (Å²) in [7, 11) is -3.91. The van der Waals surface area contributed by atoms with E-state index in [0.717, 1.165) is 0 Å². The third-order valence-electron chi connectivity index (χ3n) is 1.58. The zero-order valence-electron chi connectivity index (χ0n) is 6.80. The molecular weight excluding hydrogens is 200 g/mol. The van der Waals surface area contributed by atoms with Crippen LogP contribution in [0.4, 0.5) is 4.79 Å². The van der Waals surface area contributed by atoms with Crippen molar-refractivity contribution in [3.05, 3.63) is 0 Å². The van der Waals surface area contributed by atoms with Crippen LogP contribution in [0.15, 0.2) is 0 Å². The monoisotopic (exact) mass is 210 g/mol. The summed E-state index contributed by atoms with van der Waals surface area (Å²) < 4.78 is 38.1. The van der Waals surface area contributed by atoms with Gasteiger partial charge in [0.05, 0.1) is 5.75 Å². The number of cyclic esters (lactones) is 2. The second kappa shape index (κ2) is 3.93. The Balaban J connectivity index is 2.17. The van der Waals surface area contributed by atoms with Crippen molar-refractivity contribution in [2.24, 2.45) is 0 Å². The van der Waals surface area contributed by atoms with Gasteiger partial charge in [0, 0.05) is 0 Å². The molecule has 0 aromatic rings. The number of hydrogen-bond donors (Lipinski definition) is 1. The van der Waals surface area contributed by atoms with Crippen molar-refractivity contribution >= 4 is 16.3 Å². The lowest BCUT2D eigenvalue weighted by Crippen LogP contribution is -2.12. The molecule has 0 radical (unpaired) electrons. The molecule has 1 rings (SSSR count). The van der Waals surface area contributed by atoms with Crippen LogP contribution in [0.25, 0.3) is 0 Å². The van der Waals surface area contributed by atoms with E-state index in [0.29, 0.717) is 6.42 Å². The molecule has 0 aliphatic carbocycles. The van der Waals surface area contributed by atoms with Crippen molar-refractivity contribution in [1.82, 2.24) is 0 Å². The van der Waals surface area contributed by atoms with Crippen LogP contribution in [0, 0.1) is 0 Å². The highest BCUT2D eigenvalue weighted by Gasteiger charge is 2.24. The van der Waals surface area contributed by atoms with Gasteiger partial charge in [0.25, 0.3) is 10.1 Å². The van der Waals surface area contributed by atoms with E-state index >= 15 is 0 Å². The lowest BCUT2D eigenvalue weighted by molar-refractivity contribution is 0.116. The van der Waals surface area contributed by atoms with Crippen LogP contribution in [-0.4, -0.2) is 37.6 Å². The topological polar surface area (TPSA) is 89.9 Å². The third-order valence-corrected chi connectivity index (χ3v) is 2.38. The number of ether oxygens (including phenoxy) is 2. The summed E-state index contributed by atoms with van der Waals surface area (Å²) >= 11 is 0. The summed E-state index contributed by atoms with van der Waals surface area (Å²) in [6.45, 7) is 0.157. The number of rotatable bonds is 4. The maximum absolute atomic E-state index is 10.4. The van der Waals surface area contributed by atoms with Crippen LogP contribution in [0.5, 0.6) is 0 Å². The zero-order chi connectivity index (χ0) is 9.90. The molecule has 1 fully saturated rings. The van der Waals surface area contributed by atoms with Crippen LogP contribution in [0.3, 0.4) is 0 Å². The first-order valence-corrected chi connectivity index (χ1v) is 5.37. The van der Waals surface area contributed by atoms with Crippen molar-refractivity contribution in [1.29, 1.82) is 0 Å². The van der Waals surface area contributed by atoms with Gasteiger partial charge in [-0.25, -0.2) is 4.79 Å². The average molecular weight is 210 g/mol. The van der Waals surface area contributed by atoms with Crippen molar-refractivity contribution in [2.45, 2.75) is 18.9 Å². The van der Waals surface area contributed by atoms with Gasteiger partial charge in [0.15, 0.2) is 0 Å². The van der Waals surface area contributed by atoms with Gasteiger partial charge in [0.2, 0.25) is 0 Å². The molecule has 0 aromatic heterocycles. The Kier molecular flexibility index (Phi) is 3.10. The predicted octanol–water partition coefficient (Wildman–Crippen LogP) is 0.190. The lowest BCUT2D eigenvalue weighted by Gasteiger charge is -2.03. The largest absolute Gasteiger partial charge is 0.508 e. The van der Waals surface area contributed by atoms with Gasteiger partial charge in [-0.1, -0.05) is 0 Å². The van der Waals surface area contributed by atoms with Crippen molar-refractivity contribution < 1.29 is 27.2 Å². The average Bonchev–Trinajstić information content (AvgIpc) is 2.33. The standard InChI is InChI=1S/C6H10O6S/c7-6-11-4-5(12-6)2-1-3-13(8,9)10/h5H,1-4H2,(H,8,9,10). The quantitative estimate of drug-likeness (QED) is 0.526. The molecule has 1 saturated heterocycles. The van der Waals surface area contributed by atoms with E-state index in [1.165, 1.54) is 0 Å². The van der Waals surface area contributed by atoms with Gasteiger partial charge < -0.3 is 9.47 Å². The molecule has 1 aliphatic heterocycles. The van der Waals surface area contributed by atoms with E-state index in [9.17, 15) is 13.2 Å². The molecule has 1 unspecified atom stereocenters. The molecular formula is C6H10O6S. The molecule has 0 aromatic carbocycles. The maximum Gasteiger partial charge on any atom is 0.508 e. The van der Waals surface area contributed by atoms with Crippen LogP contribution in [-0.2, 0) is 19.6 Å². The molecule has 76 valence electrons. The summed E-state index contributed by atoms with van der Waals surface area (Å²) in [5, 5.41) is 0. The summed E-state index contributed by atoms with van der Waals surface area (Å²) in [6.07, 6.45) is -0.475. The Morgan fingerprint density at radius 3 is 2.69 bits per heavy atom. The molecule has 1 atom stereocenters. The predicted molar refractivity (Wildman–Crippen MR) is 41.9 cm³/mol. The smallest absolute Gasteiger partial charge is 0.430 e. The minimum Gasteiger partial charge on any atom is -0.430 e. The highest BCUT2D eigenvalue weighted by Crippen LogP contribution is 2.11. The number of hydrogen-bond acceptors (Lipinski definition) is 5. The first-order chi connectivity index (χ1) is 5.97. The van der Waals surface area contributed by atoms with E-state index in [4.69, 9.17) is 4.55 Å². The van der Waals surface area contributed by atoms with Crippen LogP contribution < -0.4 is 0 Å².